The largest absolute Gasteiger partial charge is 0.378 e. The van der Waals surface area contributed by atoms with E-state index in [2.05, 4.69) is 28.5 Å². The van der Waals surface area contributed by atoms with Crippen LogP contribution in [0.3, 0.4) is 0 Å². The third-order valence-corrected chi connectivity index (χ3v) is 5.14. The van der Waals surface area contributed by atoms with Crippen LogP contribution in [0.15, 0.2) is 23.2 Å². The summed E-state index contributed by atoms with van der Waals surface area (Å²) in [6.45, 7) is 0.917. The molecule has 1 saturated heterocycles. The minimum Gasteiger partial charge on any atom is -0.378 e. The number of nitrogens with two attached hydrogens (primary N) is 1. The van der Waals surface area contributed by atoms with E-state index in [9.17, 15) is 0 Å². The Labute approximate surface area is 125 Å². The number of benzene rings is 1. The summed E-state index contributed by atoms with van der Waals surface area (Å²) in [5, 5.41) is 3.25. The first-order valence-electron chi connectivity index (χ1n) is 8.13. The van der Waals surface area contributed by atoms with Gasteiger partial charge in [-0.25, -0.2) is 4.99 Å². The maximum Gasteiger partial charge on any atom is 0.193 e. The third-order valence-electron chi connectivity index (χ3n) is 5.14. The number of rotatable bonds is 2. The van der Waals surface area contributed by atoms with Gasteiger partial charge in [0.2, 0.25) is 0 Å². The van der Waals surface area contributed by atoms with Gasteiger partial charge in [-0.05, 0) is 61.8 Å². The second-order valence-corrected chi connectivity index (χ2v) is 6.49. The van der Waals surface area contributed by atoms with E-state index in [-0.39, 0.29) is 0 Å². The molecule has 3 unspecified atom stereocenters. The fourth-order valence-corrected chi connectivity index (χ4v) is 3.92. The van der Waals surface area contributed by atoms with E-state index in [1.165, 1.54) is 36.8 Å². The number of aryl methyl sites for hydroxylation is 2. The Morgan fingerprint density at radius 2 is 2.14 bits per heavy atom. The highest BCUT2D eigenvalue weighted by molar-refractivity contribution is 5.92. The van der Waals surface area contributed by atoms with Crippen molar-refractivity contribution in [1.29, 1.82) is 0 Å². The molecule has 3 aliphatic rings. The van der Waals surface area contributed by atoms with E-state index in [1.807, 2.05) is 0 Å². The van der Waals surface area contributed by atoms with Gasteiger partial charge < -0.3 is 15.8 Å². The number of guanidine groups is 1. The van der Waals surface area contributed by atoms with Gasteiger partial charge in [-0.3, -0.25) is 0 Å². The molecular weight excluding hydrogens is 262 g/mol. The van der Waals surface area contributed by atoms with Gasteiger partial charge in [-0.15, -0.1) is 0 Å². The zero-order chi connectivity index (χ0) is 14.2. The number of ether oxygens (including phenoxy) is 1. The predicted molar refractivity (Wildman–Crippen MR) is 84.6 cm³/mol. The van der Waals surface area contributed by atoms with Crippen molar-refractivity contribution in [2.45, 2.75) is 50.7 Å². The van der Waals surface area contributed by atoms with E-state index in [1.54, 1.807) is 0 Å². The van der Waals surface area contributed by atoms with Gasteiger partial charge in [0.15, 0.2) is 5.96 Å². The zero-order valence-corrected chi connectivity index (χ0v) is 12.3. The van der Waals surface area contributed by atoms with Crippen LogP contribution in [0, 0.1) is 5.92 Å². The molecule has 1 aromatic carbocycles. The first-order valence-corrected chi connectivity index (χ1v) is 8.13. The lowest BCUT2D eigenvalue weighted by molar-refractivity contribution is -0.0937. The van der Waals surface area contributed by atoms with E-state index < -0.39 is 0 Å². The Kier molecular flexibility index (Phi) is 3.34. The number of anilines is 1. The lowest BCUT2D eigenvalue weighted by atomic mass is 9.73. The van der Waals surface area contributed by atoms with Crippen molar-refractivity contribution in [2.24, 2.45) is 16.6 Å². The van der Waals surface area contributed by atoms with E-state index >= 15 is 0 Å². The van der Waals surface area contributed by atoms with Gasteiger partial charge in [-0.1, -0.05) is 6.07 Å². The fourth-order valence-electron chi connectivity index (χ4n) is 3.92. The lowest BCUT2D eigenvalue weighted by Gasteiger charge is -2.45. The monoisotopic (exact) mass is 285 g/mol. The number of fused-ring (bicyclic) bond motifs is 2. The second-order valence-electron chi connectivity index (χ2n) is 6.49. The summed E-state index contributed by atoms with van der Waals surface area (Å²) in [5.41, 5.74) is 10.1. The minimum atomic E-state index is 0.345. The number of hydrogen-bond donors (Lipinski definition) is 2. The van der Waals surface area contributed by atoms with Crippen LogP contribution in [-0.2, 0) is 17.6 Å². The van der Waals surface area contributed by atoms with Gasteiger partial charge in [0.05, 0.1) is 12.1 Å². The molecule has 2 aliphatic carbocycles. The van der Waals surface area contributed by atoms with Crippen molar-refractivity contribution in [3.05, 3.63) is 29.3 Å². The molecule has 4 rings (SSSR count). The smallest absolute Gasteiger partial charge is 0.193 e. The van der Waals surface area contributed by atoms with Crippen LogP contribution in [-0.4, -0.2) is 24.7 Å². The molecule has 4 nitrogen and oxygen atoms in total. The van der Waals surface area contributed by atoms with Gasteiger partial charge in [-0.2, -0.15) is 0 Å². The SMILES string of the molecule is NC(=NC1CC2OCCCC12)Nc1ccc2c(c1)CCC2. The summed E-state index contributed by atoms with van der Waals surface area (Å²) in [4.78, 5) is 4.66. The summed E-state index contributed by atoms with van der Waals surface area (Å²) in [6, 6.07) is 6.89. The number of aliphatic imine (C=N–C) groups is 1. The van der Waals surface area contributed by atoms with Crippen LogP contribution in [0.2, 0.25) is 0 Å². The molecule has 112 valence electrons. The first kappa shape index (κ1) is 13.1. The predicted octanol–water partition coefficient (Wildman–Crippen LogP) is 2.47. The highest BCUT2D eigenvalue weighted by Crippen LogP contribution is 2.39. The van der Waals surface area contributed by atoms with Crippen molar-refractivity contribution in [1.82, 2.24) is 0 Å². The highest BCUT2D eigenvalue weighted by atomic mass is 16.5. The molecule has 0 radical (unpaired) electrons. The Morgan fingerprint density at radius 3 is 3.05 bits per heavy atom. The average Bonchev–Trinajstić information content (AvgIpc) is 2.92. The summed E-state index contributed by atoms with van der Waals surface area (Å²) >= 11 is 0. The quantitative estimate of drug-likeness (QED) is 0.648. The van der Waals surface area contributed by atoms with Crippen molar-refractivity contribution in [3.63, 3.8) is 0 Å². The maximum absolute atomic E-state index is 6.08. The molecule has 21 heavy (non-hydrogen) atoms. The highest BCUT2D eigenvalue weighted by Gasteiger charge is 2.43. The first-order chi connectivity index (χ1) is 10.3. The second kappa shape index (κ2) is 5.34. The van der Waals surface area contributed by atoms with Gasteiger partial charge in [0.1, 0.15) is 0 Å². The molecule has 4 heteroatoms. The zero-order valence-electron chi connectivity index (χ0n) is 12.3. The summed E-state index contributed by atoms with van der Waals surface area (Å²) < 4.78 is 5.73. The molecule has 0 bridgehead atoms. The summed E-state index contributed by atoms with van der Waals surface area (Å²) in [7, 11) is 0. The fraction of sp³-hybridized carbons (Fsp3) is 0.588. The minimum absolute atomic E-state index is 0.345. The molecule has 3 N–H and O–H groups in total. The molecule has 0 aromatic heterocycles. The van der Waals surface area contributed by atoms with Crippen LogP contribution >= 0.6 is 0 Å². The number of hydrogen-bond acceptors (Lipinski definition) is 2. The van der Waals surface area contributed by atoms with E-state index in [0.717, 1.165) is 25.1 Å². The van der Waals surface area contributed by atoms with E-state index in [0.29, 0.717) is 24.0 Å². The van der Waals surface area contributed by atoms with Gasteiger partial charge in [0.25, 0.3) is 0 Å². The van der Waals surface area contributed by atoms with Crippen molar-refractivity contribution >= 4 is 11.6 Å². The Hall–Kier alpha value is -1.55. The lowest BCUT2D eigenvalue weighted by Crippen LogP contribution is -2.49. The molecule has 0 spiro atoms. The van der Waals surface area contributed by atoms with Crippen LogP contribution in [0.4, 0.5) is 5.69 Å². The van der Waals surface area contributed by atoms with Crippen LogP contribution in [0.1, 0.15) is 36.8 Å². The van der Waals surface area contributed by atoms with E-state index in [4.69, 9.17) is 10.5 Å². The van der Waals surface area contributed by atoms with Crippen LogP contribution in [0.25, 0.3) is 0 Å². The molecular formula is C17H23N3O. The summed E-state index contributed by atoms with van der Waals surface area (Å²) in [6.07, 6.45) is 7.51. The molecule has 1 heterocycles. The summed E-state index contributed by atoms with van der Waals surface area (Å²) in [5.74, 6) is 1.13. The molecule has 0 amide bonds. The average molecular weight is 285 g/mol. The Morgan fingerprint density at radius 1 is 1.24 bits per heavy atom. The van der Waals surface area contributed by atoms with Crippen molar-refractivity contribution in [3.8, 4) is 0 Å². The van der Waals surface area contributed by atoms with Crippen molar-refractivity contribution < 1.29 is 4.74 Å². The Bertz CT molecular complexity index is 569. The number of nitrogens with one attached hydrogen (secondary N) is 1. The maximum atomic E-state index is 6.08. The molecule has 2 fully saturated rings. The van der Waals surface area contributed by atoms with Crippen molar-refractivity contribution in [2.75, 3.05) is 11.9 Å². The standard InChI is InChI=1S/C17H23N3O/c18-17(20-15-10-16-14(15)5-2-8-21-16)19-13-7-6-11-3-1-4-12(11)9-13/h6-7,9,14-16H,1-5,8,10H2,(H3,18,19,20). The van der Waals surface area contributed by atoms with Crippen LogP contribution < -0.4 is 11.1 Å². The molecule has 1 aliphatic heterocycles. The van der Waals surface area contributed by atoms with Crippen LogP contribution in [0.5, 0.6) is 0 Å². The Balaban J connectivity index is 1.41. The molecule has 1 saturated carbocycles. The normalized spacial score (nSPS) is 31.2. The molecule has 3 atom stereocenters. The topological polar surface area (TPSA) is 59.6 Å². The third kappa shape index (κ3) is 2.53. The molecule has 1 aromatic rings. The van der Waals surface area contributed by atoms with Gasteiger partial charge >= 0.3 is 0 Å². The number of nitrogens with zero attached hydrogens (tertiary/aromatic N) is 1. The van der Waals surface area contributed by atoms with Gasteiger partial charge in [0, 0.05) is 18.2 Å².